The zero-order valence-corrected chi connectivity index (χ0v) is 10.8. The summed E-state index contributed by atoms with van der Waals surface area (Å²) < 4.78 is 0. The quantitative estimate of drug-likeness (QED) is 0.727. The van der Waals surface area contributed by atoms with Gasteiger partial charge in [-0.15, -0.1) is 0 Å². The fraction of sp³-hybridized carbons (Fsp3) is 0.200. The van der Waals surface area contributed by atoms with Gasteiger partial charge in [0.2, 0.25) is 0 Å². The minimum Gasteiger partial charge on any atom is -0.0876 e. The van der Waals surface area contributed by atoms with Crippen molar-refractivity contribution < 1.29 is 0 Å². The zero-order valence-electron chi connectivity index (χ0n) is 9.20. The van der Waals surface area contributed by atoms with Crippen molar-refractivity contribution in [2.45, 2.75) is 18.2 Å². The van der Waals surface area contributed by atoms with Crippen molar-refractivity contribution in [3.8, 4) is 0 Å². The molecular weight excluding hydrogens is 260 g/mol. The molecule has 0 amide bonds. The highest BCUT2D eigenvalue weighted by molar-refractivity contribution is 9.08. The second-order valence-corrected chi connectivity index (χ2v) is 4.50. The molecule has 82 valence electrons. The lowest BCUT2D eigenvalue weighted by atomic mass is 10.0. The highest BCUT2D eigenvalue weighted by Crippen LogP contribution is 2.10. The molecule has 0 atom stereocenters. The van der Waals surface area contributed by atoms with E-state index in [1.54, 1.807) is 0 Å². The van der Waals surface area contributed by atoms with Crippen LogP contribution in [0.5, 0.6) is 0 Å². The van der Waals surface area contributed by atoms with Gasteiger partial charge in [-0.05, 0) is 29.5 Å². The third-order valence-corrected chi connectivity index (χ3v) is 3.37. The summed E-state index contributed by atoms with van der Waals surface area (Å²) in [5.74, 6) is 0. The van der Waals surface area contributed by atoms with Crippen molar-refractivity contribution in [1.82, 2.24) is 0 Å². The van der Waals surface area contributed by atoms with Crippen molar-refractivity contribution >= 4 is 15.9 Å². The number of aryl methyl sites for hydroxylation is 2. The predicted octanol–water partition coefficient (Wildman–Crippen LogP) is 4.37. The average molecular weight is 275 g/mol. The van der Waals surface area contributed by atoms with Gasteiger partial charge in [0.15, 0.2) is 0 Å². The van der Waals surface area contributed by atoms with Crippen LogP contribution >= 0.6 is 15.9 Å². The van der Waals surface area contributed by atoms with Crippen LogP contribution in [0.2, 0.25) is 0 Å². The predicted molar refractivity (Wildman–Crippen MR) is 72.9 cm³/mol. The lowest BCUT2D eigenvalue weighted by Gasteiger charge is -2.03. The van der Waals surface area contributed by atoms with Gasteiger partial charge in [0.1, 0.15) is 0 Å². The maximum absolute atomic E-state index is 3.46. The van der Waals surface area contributed by atoms with Crippen molar-refractivity contribution in [2.75, 3.05) is 0 Å². The maximum Gasteiger partial charge on any atom is 0.0283 e. The second-order valence-electron chi connectivity index (χ2n) is 3.94. The summed E-state index contributed by atoms with van der Waals surface area (Å²) in [5, 5.41) is 0.936. The number of hydrogen-bond donors (Lipinski definition) is 0. The third-order valence-electron chi connectivity index (χ3n) is 2.72. The summed E-state index contributed by atoms with van der Waals surface area (Å²) in [6.07, 6.45) is 2.24. The molecule has 0 radical (unpaired) electrons. The Morgan fingerprint density at radius 3 is 1.69 bits per heavy atom. The van der Waals surface area contributed by atoms with Gasteiger partial charge >= 0.3 is 0 Å². The van der Waals surface area contributed by atoms with E-state index in [1.165, 1.54) is 16.7 Å². The molecule has 0 aliphatic rings. The van der Waals surface area contributed by atoms with Crippen LogP contribution in [0.4, 0.5) is 0 Å². The number of benzene rings is 2. The van der Waals surface area contributed by atoms with Crippen LogP contribution in [-0.4, -0.2) is 0 Å². The van der Waals surface area contributed by atoms with Gasteiger partial charge in [-0.1, -0.05) is 70.5 Å². The van der Waals surface area contributed by atoms with Gasteiger partial charge in [-0.25, -0.2) is 0 Å². The molecule has 0 unspecified atom stereocenters. The van der Waals surface area contributed by atoms with Crippen molar-refractivity contribution in [2.24, 2.45) is 0 Å². The molecular formula is C15H15Br. The van der Waals surface area contributed by atoms with Crippen LogP contribution in [0, 0.1) is 0 Å². The maximum atomic E-state index is 3.46. The van der Waals surface area contributed by atoms with E-state index in [-0.39, 0.29) is 0 Å². The van der Waals surface area contributed by atoms with E-state index >= 15 is 0 Å². The highest BCUT2D eigenvalue weighted by atomic mass is 79.9. The summed E-state index contributed by atoms with van der Waals surface area (Å²) in [6.45, 7) is 0. The van der Waals surface area contributed by atoms with Gasteiger partial charge in [0.05, 0.1) is 0 Å². The Morgan fingerprint density at radius 2 is 1.12 bits per heavy atom. The summed E-state index contributed by atoms with van der Waals surface area (Å²) in [5.41, 5.74) is 4.16. The molecule has 0 N–H and O–H groups in total. The monoisotopic (exact) mass is 274 g/mol. The van der Waals surface area contributed by atoms with E-state index in [2.05, 4.69) is 70.5 Å². The minimum absolute atomic E-state index is 0.936. The molecule has 0 saturated heterocycles. The third kappa shape index (κ3) is 3.21. The van der Waals surface area contributed by atoms with Gasteiger partial charge < -0.3 is 0 Å². The van der Waals surface area contributed by atoms with Crippen LogP contribution in [-0.2, 0) is 18.2 Å². The standard InChI is InChI=1S/C15H15Br/c16-12-15-10-8-14(9-11-15)7-6-13-4-2-1-3-5-13/h1-5,8-11H,6-7,12H2. The molecule has 1 heteroatoms. The molecule has 0 bridgehead atoms. The Morgan fingerprint density at radius 1 is 0.625 bits per heavy atom. The fourth-order valence-electron chi connectivity index (χ4n) is 1.73. The van der Waals surface area contributed by atoms with E-state index in [9.17, 15) is 0 Å². The SMILES string of the molecule is BrCc1ccc(CCc2ccccc2)cc1. The molecule has 0 aliphatic carbocycles. The Kier molecular flexibility index (Phi) is 4.17. The van der Waals surface area contributed by atoms with Gasteiger partial charge in [0, 0.05) is 5.33 Å². The van der Waals surface area contributed by atoms with Crippen molar-refractivity contribution in [3.05, 3.63) is 71.3 Å². The van der Waals surface area contributed by atoms with Crippen molar-refractivity contribution in [1.29, 1.82) is 0 Å². The van der Waals surface area contributed by atoms with E-state index in [0.717, 1.165) is 18.2 Å². The molecule has 0 heterocycles. The van der Waals surface area contributed by atoms with E-state index in [0.29, 0.717) is 0 Å². The largest absolute Gasteiger partial charge is 0.0876 e. The average Bonchev–Trinajstić information content (AvgIpc) is 2.38. The summed E-state index contributed by atoms with van der Waals surface area (Å²) in [4.78, 5) is 0. The fourth-order valence-corrected chi connectivity index (χ4v) is 2.10. The molecule has 0 saturated carbocycles. The van der Waals surface area contributed by atoms with Crippen LogP contribution in [0.25, 0.3) is 0 Å². The molecule has 0 aliphatic heterocycles. The molecule has 0 spiro atoms. The number of alkyl halides is 1. The smallest absolute Gasteiger partial charge is 0.0283 e. The van der Waals surface area contributed by atoms with Crippen LogP contribution in [0.1, 0.15) is 16.7 Å². The Labute approximate surface area is 105 Å². The Balaban J connectivity index is 1.94. The van der Waals surface area contributed by atoms with Crippen LogP contribution < -0.4 is 0 Å². The molecule has 0 aromatic heterocycles. The first kappa shape index (κ1) is 11.4. The summed E-state index contributed by atoms with van der Waals surface area (Å²) >= 11 is 3.46. The van der Waals surface area contributed by atoms with Crippen LogP contribution in [0.3, 0.4) is 0 Å². The first-order valence-electron chi connectivity index (χ1n) is 5.56. The highest BCUT2D eigenvalue weighted by Gasteiger charge is 1.95. The minimum atomic E-state index is 0.936. The topological polar surface area (TPSA) is 0 Å². The van der Waals surface area contributed by atoms with Gasteiger partial charge in [0.25, 0.3) is 0 Å². The van der Waals surface area contributed by atoms with E-state index < -0.39 is 0 Å². The molecule has 2 aromatic carbocycles. The van der Waals surface area contributed by atoms with E-state index in [1.807, 2.05) is 0 Å². The van der Waals surface area contributed by atoms with Gasteiger partial charge in [-0.3, -0.25) is 0 Å². The first-order chi connectivity index (χ1) is 7.88. The molecule has 16 heavy (non-hydrogen) atoms. The molecule has 2 rings (SSSR count). The number of halogens is 1. The van der Waals surface area contributed by atoms with Crippen molar-refractivity contribution in [3.63, 3.8) is 0 Å². The molecule has 0 nitrogen and oxygen atoms in total. The lowest BCUT2D eigenvalue weighted by molar-refractivity contribution is 0.959. The lowest BCUT2D eigenvalue weighted by Crippen LogP contribution is -1.91. The second kappa shape index (κ2) is 5.86. The first-order valence-corrected chi connectivity index (χ1v) is 6.68. The summed E-state index contributed by atoms with van der Waals surface area (Å²) in [7, 11) is 0. The molecule has 2 aromatic rings. The number of hydrogen-bond acceptors (Lipinski definition) is 0. The zero-order chi connectivity index (χ0) is 11.2. The number of rotatable bonds is 4. The van der Waals surface area contributed by atoms with E-state index in [4.69, 9.17) is 0 Å². The summed E-state index contributed by atoms with van der Waals surface area (Å²) in [6, 6.07) is 19.5. The van der Waals surface area contributed by atoms with Gasteiger partial charge in [-0.2, -0.15) is 0 Å². The molecule has 0 fully saturated rings. The van der Waals surface area contributed by atoms with Crippen LogP contribution in [0.15, 0.2) is 54.6 Å². The normalized spacial score (nSPS) is 10.3. The Hall–Kier alpha value is -1.08. The Bertz CT molecular complexity index is 417.